The minimum absolute atomic E-state index is 0.0783. The van der Waals surface area contributed by atoms with Crippen molar-refractivity contribution in [1.29, 1.82) is 0 Å². The fourth-order valence-corrected chi connectivity index (χ4v) is 4.53. The van der Waals surface area contributed by atoms with Crippen molar-refractivity contribution in [3.63, 3.8) is 0 Å². The maximum absolute atomic E-state index is 13.2. The SMILES string of the molecule is COc1cc(Nc2nccc(-c3nc(C)c(CCOC4CCCCO4)s3)n2)cc(C(F)(F)F)c1. The smallest absolute Gasteiger partial charge is 0.416 e. The summed E-state index contributed by atoms with van der Waals surface area (Å²) in [5.74, 6) is 0.237. The number of aryl methyl sites for hydroxylation is 1. The van der Waals surface area contributed by atoms with Crippen molar-refractivity contribution in [2.75, 3.05) is 25.6 Å². The lowest BCUT2D eigenvalue weighted by molar-refractivity contribution is -0.161. The quantitative estimate of drug-likeness (QED) is 0.426. The van der Waals surface area contributed by atoms with Crippen molar-refractivity contribution >= 4 is 23.0 Å². The number of thiazole rings is 1. The van der Waals surface area contributed by atoms with Crippen LogP contribution in [0.5, 0.6) is 5.75 Å². The molecule has 1 saturated heterocycles. The van der Waals surface area contributed by atoms with Crippen LogP contribution in [0, 0.1) is 6.92 Å². The van der Waals surface area contributed by atoms with Gasteiger partial charge in [0, 0.05) is 35.9 Å². The molecule has 34 heavy (non-hydrogen) atoms. The van der Waals surface area contributed by atoms with E-state index in [1.807, 2.05) is 6.92 Å². The maximum atomic E-state index is 13.2. The highest BCUT2D eigenvalue weighted by molar-refractivity contribution is 7.15. The molecule has 11 heteroatoms. The molecule has 3 aromatic rings. The van der Waals surface area contributed by atoms with Gasteiger partial charge in [0.1, 0.15) is 16.5 Å². The highest BCUT2D eigenvalue weighted by atomic mass is 32.1. The standard InChI is InChI=1S/C23H25F3N4O3S/c1-14-19(7-10-33-20-5-3-4-9-32-20)34-21(28-14)18-6-8-27-22(30-18)29-16-11-15(23(24,25)26)12-17(13-16)31-2/h6,8,11-13,20H,3-5,7,9-10H2,1-2H3,(H,27,29,30). The molecule has 1 aliphatic heterocycles. The number of nitrogens with one attached hydrogen (secondary N) is 1. The summed E-state index contributed by atoms with van der Waals surface area (Å²) >= 11 is 1.51. The van der Waals surface area contributed by atoms with Crippen LogP contribution in [0.1, 0.15) is 35.4 Å². The number of rotatable bonds is 8. The molecule has 0 spiro atoms. The topological polar surface area (TPSA) is 78.4 Å². The van der Waals surface area contributed by atoms with Crippen molar-refractivity contribution in [2.24, 2.45) is 0 Å². The van der Waals surface area contributed by atoms with Crippen molar-refractivity contribution in [2.45, 2.75) is 45.1 Å². The van der Waals surface area contributed by atoms with E-state index in [4.69, 9.17) is 14.2 Å². The maximum Gasteiger partial charge on any atom is 0.416 e. The van der Waals surface area contributed by atoms with E-state index >= 15 is 0 Å². The molecule has 0 radical (unpaired) electrons. The number of benzene rings is 1. The first-order valence-corrected chi connectivity index (χ1v) is 11.7. The molecule has 1 atom stereocenters. The van der Waals surface area contributed by atoms with E-state index in [0.717, 1.165) is 48.6 Å². The fourth-order valence-electron chi connectivity index (χ4n) is 3.52. The Bertz CT molecular complexity index is 1120. The van der Waals surface area contributed by atoms with E-state index in [1.54, 1.807) is 6.07 Å². The van der Waals surface area contributed by atoms with Crippen LogP contribution in [0.25, 0.3) is 10.7 Å². The Labute approximate surface area is 199 Å². The van der Waals surface area contributed by atoms with E-state index in [0.29, 0.717) is 23.7 Å². The first-order chi connectivity index (χ1) is 16.3. The number of methoxy groups -OCH3 is 1. The summed E-state index contributed by atoms with van der Waals surface area (Å²) in [6.45, 7) is 3.22. The molecule has 0 bridgehead atoms. The lowest BCUT2D eigenvalue weighted by Crippen LogP contribution is -2.23. The van der Waals surface area contributed by atoms with Gasteiger partial charge >= 0.3 is 6.18 Å². The molecule has 1 aromatic carbocycles. The van der Waals surface area contributed by atoms with Crippen LogP contribution in [-0.4, -0.2) is 41.6 Å². The Hall–Kier alpha value is -2.76. The van der Waals surface area contributed by atoms with Gasteiger partial charge in [-0.3, -0.25) is 0 Å². The average molecular weight is 495 g/mol. The summed E-state index contributed by atoms with van der Waals surface area (Å²) in [5, 5.41) is 3.54. The number of hydrogen-bond donors (Lipinski definition) is 1. The molecule has 7 nitrogen and oxygen atoms in total. The summed E-state index contributed by atoms with van der Waals surface area (Å²) in [4.78, 5) is 14.3. The van der Waals surface area contributed by atoms with Gasteiger partial charge in [-0.1, -0.05) is 0 Å². The van der Waals surface area contributed by atoms with Crippen LogP contribution < -0.4 is 10.1 Å². The molecule has 4 rings (SSSR count). The van der Waals surface area contributed by atoms with E-state index < -0.39 is 11.7 Å². The van der Waals surface area contributed by atoms with E-state index in [2.05, 4.69) is 20.3 Å². The Morgan fingerprint density at radius 1 is 1.21 bits per heavy atom. The summed E-state index contributed by atoms with van der Waals surface area (Å²) < 4.78 is 56.0. The van der Waals surface area contributed by atoms with Crippen molar-refractivity contribution in [3.8, 4) is 16.5 Å². The molecule has 1 N–H and O–H groups in total. The van der Waals surface area contributed by atoms with Crippen LogP contribution in [-0.2, 0) is 22.1 Å². The van der Waals surface area contributed by atoms with Crippen LogP contribution in [0.4, 0.5) is 24.8 Å². The number of ether oxygens (including phenoxy) is 3. The average Bonchev–Trinajstić information content (AvgIpc) is 3.19. The Morgan fingerprint density at radius 3 is 2.79 bits per heavy atom. The minimum Gasteiger partial charge on any atom is -0.497 e. The molecule has 0 saturated carbocycles. The second-order valence-corrected chi connectivity index (χ2v) is 8.87. The van der Waals surface area contributed by atoms with E-state index in [9.17, 15) is 13.2 Å². The number of halogens is 3. The lowest BCUT2D eigenvalue weighted by atomic mass is 10.2. The summed E-state index contributed by atoms with van der Waals surface area (Å²) in [7, 11) is 1.31. The number of anilines is 2. The lowest BCUT2D eigenvalue weighted by Gasteiger charge is -2.22. The van der Waals surface area contributed by atoms with E-state index in [-0.39, 0.29) is 23.7 Å². The van der Waals surface area contributed by atoms with Gasteiger partial charge in [-0.05, 0) is 44.4 Å². The summed E-state index contributed by atoms with van der Waals surface area (Å²) in [6, 6.07) is 5.09. The first kappa shape index (κ1) is 24.4. The molecule has 3 heterocycles. The minimum atomic E-state index is -4.50. The third-order valence-corrected chi connectivity index (χ3v) is 6.50. The molecule has 0 aliphatic carbocycles. The molecule has 0 amide bonds. The normalized spacial score (nSPS) is 16.4. The molecule has 1 unspecified atom stereocenters. The fraction of sp³-hybridized carbons (Fsp3) is 0.435. The van der Waals surface area contributed by atoms with Crippen molar-refractivity contribution < 1.29 is 27.4 Å². The Balaban J connectivity index is 1.46. The first-order valence-electron chi connectivity index (χ1n) is 10.9. The molecular weight excluding hydrogens is 469 g/mol. The van der Waals surface area contributed by atoms with Crippen LogP contribution in [0.3, 0.4) is 0 Å². The number of aromatic nitrogens is 3. The summed E-state index contributed by atoms with van der Waals surface area (Å²) in [5.41, 5.74) is 0.810. The zero-order chi connectivity index (χ0) is 24.1. The molecular formula is C23H25F3N4O3S. The molecule has 1 fully saturated rings. The van der Waals surface area contributed by atoms with Crippen LogP contribution in [0.2, 0.25) is 0 Å². The van der Waals surface area contributed by atoms with Gasteiger partial charge in [-0.15, -0.1) is 11.3 Å². The third kappa shape index (κ3) is 6.22. The van der Waals surface area contributed by atoms with E-state index in [1.165, 1.54) is 30.7 Å². The van der Waals surface area contributed by atoms with Crippen LogP contribution >= 0.6 is 11.3 Å². The predicted molar refractivity (Wildman–Crippen MR) is 122 cm³/mol. The highest BCUT2D eigenvalue weighted by Gasteiger charge is 2.31. The van der Waals surface area contributed by atoms with Gasteiger partial charge in [0.15, 0.2) is 6.29 Å². The van der Waals surface area contributed by atoms with Crippen LogP contribution in [0.15, 0.2) is 30.5 Å². The molecule has 2 aromatic heterocycles. The number of hydrogen-bond acceptors (Lipinski definition) is 8. The molecule has 1 aliphatic rings. The number of nitrogens with zero attached hydrogens (tertiary/aromatic N) is 3. The van der Waals surface area contributed by atoms with Gasteiger partial charge in [-0.2, -0.15) is 13.2 Å². The van der Waals surface area contributed by atoms with Crippen molar-refractivity contribution in [1.82, 2.24) is 15.0 Å². The largest absolute Gasteiger partial charge is 0.497 e. The monoisotopic (exact) mass is 494 g/mol. The van der Waals surface area contributed by atoms with Gasteiger partial charge in [0.2, 0.25) is 5.95 Å². The number of alkyl halides is 3. The summed E-state index contributed by atoms with van der Waals surface area (Å²) in [6.07, 6.45) is 0.724. The molecule has 182 valence electrons. The zero-order valence-corrected chi connectivity index (χ0v) is 19.6. The van der Waals surface area contributed by atoms with Gasteiger partial charge in [-0.25, -0.2) is 15.0 Å². The second kappa shape index (κ2) is 10.7. The highest BCUT2D eigenvalue weighted by Crippen LogP contribution is 2.35. The Morgan fingerprint density at radius 2 is 2.06 bits per heavy atom. The third-order valence-electron chi connectivity index (χ3n) is 5.26. The Kier molecular flexibility index (Phi) is 7.64. The zero-order valence-electron chi connectivity index (χ0n) is 18.8. The second-order valence-electron chi connectivity index (χ2n) is 7.78. The van der Waals surface area contributed by atoms with Gasteiger partial charge < -0.3 is 19.5 Å². The van der Waals surface area contributed by atoms with Gasteiger partial charge in [0.25, 0.3) is 0 Å². The predicted octanol–water partition coefficient (Wildman–Crippen LogP) is 5.77. The van der Waals surface area contributed by atoms with Crippen molar-refractivity contribution in [3.05, 3.63) is 46.6 Å². The van der Waals surface area contributed by atoms with Gasteiger partial charge in [0.05, 0.1) is 25.0 Å².